The number of anilines is 1. The van der Waals surface area contributed by atoms with Crippen LogP contribution in [0.15, 0.2) is 47.4 Å². The van der Waals surface area contributed by atoms with Crippen LogP contribution in [-0.2, 0) is 27.9 Å². The first-order valence-corrected chi connectivity index (χ1v) is 12.1. The first-order chi connectivity index (χ1) is 14.4. The first kappa shape index (κ1) is 21.0. The Kier molecular flexibility index (Phi) is 6.22. The molecule has 2 fully saturated rings. The molecule has 2 aromatic rings. The highest BCUT2D eigenvalue weighted by molar-refractivity contribution is 7.89. The predicted molar refractivity (Wildman–Crippen MR) is 118 cm³/mol. The normalized spacial score (nSPS) is 17.8. The molecular formula is C23H29N3O3S. The lowest BCUT2D eigenvalue weighted by atomic mass is 10.1. The Morgan fingerprint density at radius 3 is 2.37 bits per heavy atom. The third-order valence-corrected chi connectivity index (χ3v) is 7.56. The zero-order valence-electron chi connectivity index (χ0n) is 17.4. The highest BCUT2D eigenvalue weighted by Crippen LogP contribution is 2.26. The van der Waals surface area contributed by atoms with Gasteiger partial charge in [-0.05, 0) is 74.2 Å². The van der Waals surface area contributed by atoms with Gasteiger partial charge in [-0.15, -0.1) is 0 Å². The number of nitrogens with zero attached hydrogens (tertiary/aromatic N) is 2. The zero-order chi connectivity index (χ0) is 21.1. The Labute approximate surface area is 178 Å². The van der Waals surface area contributed by atoms with Crippen molar-refractivity contribution >= 4 is 21.6 Å². The summed E-state index contributed by atoms with van der Waals surface area (Å²) in [6.07, 6.45) is 3.86. The van der Waals surface area contributed by atoms with Crippen LogP contribution in [0.5, 0.6) is 0 Å². The van der Waals surface area contributed by atoms with Gasteiger partial charge in [-0.1, -0.05) is 24.3 Å². The zero-order valence-corrected chi connectivity index (χ0v) is 18.2. The second kappa shape index (κ2) is 8.88. The topological polar surface area (TPSA) is 69.7 Å². The summed E-state index contributed by atoms with van der Waals surface area (Å²) in [5.74, 6) is 0.0951. The number of hydrogen-bond acceptors (Lipinski definition) is 4. The number of rotatable bonds is 7. The second-order valence-electron chi connectivity index (χ2n) is 8.18. The highest BCUT2D eigenvalue weighted by atomic mass is 32.2. The molecule has 1 amide bonds. The predicted octanol–water partition coefficient (Wildman–Crippen LogP) is 3.20. The number of likely N-dealkylation sites (tertiary alicyclic amines) is 1. The van der Waals surface area contributed by atoms with Crippen molar-refractivity contribution in [2.24, 2.45) is 0 Å². The number of aryl methyl sites for hydroxylation is 1. The molecule has 30 heavy (non-hydrogen) atoms. The van der Waals surface area contributed by atoms with Gasteiger partial charge in [-0.3, -0.25) is 9.69 Å². The van der Waals surface area contributed by atoms with Crippen LogP contribution in [0.25, 0.3) is 0 Å². The number of carbonyl (C=O) groups excluding carboxylic acids is 1. The number of sulfonamides is 1. The maximum absolute atomic E-state index is 13.0. The maximum Gasteiger partial charge on any atom is 0.241 e. The number of amides is 1. The minimum absolute atomic E-state index is 0.0951. The molecule has 0 spiro atoms. The summed E-state index contributed by atoms with van der Waals surface area (Å²) in [5.41, 5.74) is 3.58. The van der Waals surface area contributed by atoms with E-state index in [2.05, 4.69) is 15.7 Å². The summed E-state index contributed by atoms with van der Waals surface area (Å²) < 4.78 is 28.7. The smallest absolute Gasteiger partial charge is 0.241 e. The fourth-order valence-corrected chi connectivity index (χ4v) is 5.57. The molecule has 0 radical (unpaired) electrons. The minimum Gasteiger partial charge on any atom is -0.312 e. The SMILES string of the molecule is Cc1cc(N2CCCC2=O)ccc1S(=O)(=O)NCc1ccccc1CN1CCCC1. The standard InChI is InChI=1S/C23H29N3O3S/c1-18-15-21(26-14-6-9-23(26)27)10-11-22(18)30(28,29)24-16-19-7-2-3-8-20(19)17-25-12-4-5-13-25/h2-3,7-8,10-11,15,24H,4-6,9,12-14,16-17H2,1H3. The monoisotopic (exact) mass is 427 g/mol. The summed E-state index contributed by atoms with van der Waals surface area (Å²) in [5, 5.41) is 0. The molecule has 0 unspecified atom stereocenters. The Morgan fingerprint density at radius 1 is 0.967 bits per heavy atom. The molecule has 0 bridgehead atoms. The van der Waals surface area contributed by atoms with E-state index in [0.29, 0.717) is 18.5 Å². The summed E-state index contributed by atoms with van der Waals surface area (Å²) in [7, 11) is -3.65. The van der Waals surface area contributed by atoms with Gasteiger partial charge in [0.2, 0.25) is 15.9 Å². The average molecular weight is 428 g/mol. The van der Waals surface area contributed by atoms with Crippen molar-refractivity contribution < 1.29 is 13.2 Å². The van der Waals surface area contributed by atoms with E-state index < -0.39 is 10.0 Å². The van der Waals surface area contributed by atoms with Gasteiger partial charge in [0.25, 0.3) is 0 Å². The highest BCUT2D eigenvalue weighted by Gasteiger charge is 2.24. The van der Waals surface area contributed by atoms with Gasteiger partial charge >= 0.3 is 0 Å². The Bertz CT molecular complexity index is 1030. The number of hydrogen-bond donors (Lipinski definition) is 1. The van der Waals surface area contributed by atoms with Crippen molar-refractivity contribution in [3.63, 3.8) is 0 Å². The van der Waals surface area contributed by atoms with Crippen LogP contribution in [0.1, 0.15) is 42.4 Å². The lowest BCUT2D eigenvalue weighted by molar-refractivity contribution is -0.117. The van der Waals surface area contributed by atoms with Gasteiger partial charge < -0.3 is 4.90 Å². The largest absolute Gasteiger partial charge is 0.312 e. The van der Waals surface area contributed by atoms with Crippen LogP contribution in [0, 0.1) is 6.92 Å². The Morgan fingerprint density at radius 2 is 1.70 bits per heavy atom. The molecule has 2 saturated heterocycles. The van der Waals surface area contributed by atoms with Crippen LogP contribution < -0.4 is 9.62 Å². The van der Waals surface area contributed by atoms with Crippen molar-refractivity contribution in [2.75, 3.05) is 24.5 Å². The summed E-state index contributed by atoms with van der Waals surface area (Å²) in [6.45, 7) is 5.79. The van der Waals surface area contributed by atoms with E-state index in [1.807, 2.05) is 18.2 Å². The Balaban J connectivity index is 1.48. The molecule has 1 N–H and O–H groups in total. The molecule has 6 nitrogen and oxygen atoms in total. The summed E-state index contributed by atoms with van der Waals surface area (Å²) in [6, 6.07) is 13.1. The molecule has 2 aromatic carbocycles. The second-order valence-corrected chi connectivity index (χ2v) is 9.91. The minimum atomic E-state index is -3.65. The molecule has 2 heterocycles. The number of nitrogens with one attached hydrogen (secondary N) is 1. The van der Waals surface area contributed by atoms with Crippen molar-refractivity contribution in [2.45, 2.75) is 50.6 Å². The number of benzene rings is 2. The van der Waals surface area contributed by atoms with Gasteiger partial charge in [-0.2, -0.15) is 0 Å². The van der Waals surface area contributed by atoms with E-state index >= 15 is 0 Å². The molecule has 0 aliphatic carbocycles. The summed E-state index contributed by atoms with van der Waals surface area (Å²) in [4.78, 5) is 16.4. The fourth-order valence-electron chi connectivity index (χ4n) is 4.34. The van der Waals surface area contributed by atoms with Crippen molar-refractivity contribution in [1.82, 2.24) is 9.62 Å². The van der Waals surface area contributed by atoms with Crippen LogP contribution in [-0.4, -0.2) is 38.9 Å². The lowest BCUT2D eigenvalue weighted by Gasteiger charge is -2.19. The molecule has 0 saturated carbocycles. The van der Waals surface area contributed by atoms with E-state index in [0.717, 1.165) is 37.3 Å². The average Bonchev–Trinajstić information content (AvgIpc) is 3.39. The molecule has 160 valence electrons. The lowest BCUT2D eigenvalue weighted by Crippen LogP contribution is -2.26. The van der Waals surface area contributed by atoms with Gasteiger partial charge in [0, 0.05) is 31.7 Å². The molecule has 7 heteroatoms. The first-order valence-electron chi connectivity index (χ1n) is 10.6. The van der Waals surface area contributed by atoms with E-state index in [1.54, 1.807) is 30.0 Å². The van der Waals surface area contributed by atoms with Crippen molar-refractivity contribution in [3.8, 4) is 0 Å². The van der Waals surface area contributed by atoms with E-state index in [9.17, 15) is 13.2 Å². The van der Waals surface area contributed by atoms with Gasteiger partial charge in [0.15, 0.2) is 0 Å². The van der Waals surface area contributed by atoms with Crippen LogP contribution in [0.4, 0.5) is 5.69 Å². The summed E-state index contributed by atoms with van der Waals surface area (Å²) >= 11 is 0. The molecule has 0 aromatic heterocycles. The number of carbonyl (C=O) groups is 1. The van der Waals surface area contributed by atoms with Crippen molar-refractivity contribution in [1.29, 1.82) is 0 Å². The third-order valence-electron chi connectivity index (χ3n) is 6.00. The van der Waals surface area contributed by atoms with Crippen LogP contribution >= 0.6 is 0 Å². The quantitative estimate of drug-likeness (QED) is 0.737. The molecular weight excluding hydrogens is 398 g/mol. The van der Waals surface area contributed by atoms with E-state index in [4.69, 9.17) is 0 Å². The van der Waals surface area contributed by atoms with Gasteiger partial charge in [-0.25, -0.2) is 13.1 Å². The van der Waals surface area contributed by atoms with Gasteiger partial charge in [0.1, 0.15) is 0 Å². The van der Waals surface area contributed by atoms with Gasteiger partial charge in [0.05, 0.1) is 4.90 Å². The van der Waals surface area contributed by atoms with E-state index in [1.165, 1.54) is 18.4 Å². The molecule has 4 rings (SSSR count). The van der Waals surface area contributed by atoms with Crippen molar-refractivity contribution in [3.05, 3.63) is 59.2 Å². The van der Waals surface area contributed by atoms with Crippen LogP contribution in [0.2, 0.25) is 0 Å². The van der Waals surface area contributed by atoms with E-state index in [-0.39, 0.29) is 17.3 Å². The molecule has 2 aliphatic heterocycles. The maximum atomic E-state index is 13.0. The Hall–Kier alpha value is -2.22. The fraction of sp³-hybridized carbons (Fsp3) is 0.435. The molecule has 0 atom stereocenters. The van der Waals surface area contributed by atoms with Crippen LogP contribution in [0.3, 0.4) is 0 Å². The molecule has 2 aliphatic rings. The third kappa shape index (κ3) is 4.58.